The number of carbonyl (C=O) groups excluding carboxylic acids is 2. The second-order valence-electron chi connectivity index (χ2n) is 10.4. The van der Waals surface area contributed by atoms with Crippen LogP contribution in [-0.4, -0.2) is 65.7 Å². The van der Waals surface area contributed by atoms with Crippen LogP contribution in [0.1, 0.15) is 35.3 Å². The fourth-order valence-corrected chi connectivity index (χ4v) is 4.90. The van der Waals surface area contributed by atoms with Crippen molar-refractivity contribution in [1.29, 1.82) is 0 Å². The molecule has 0 fully saturated rings. The Morgan fingerprint density at radius 3 is 2.41 bits per heavy atom. The predicted molar refractivity (Wildman–Crippen MR) is 150 cm³/mol. The second kappa shape index (κ2) is 12.7. The number of nitrogens with one attached hydrogen (secondary N) is 1. The Morgan fingerprint density at radius 1 is 1.07 bits per heavy atom. The van der Waals surface area contributed by atoms with Gasteiger partial charge < -0.3 is 25.0 Å². The minimum atomic E-state index is -4.53. The summed E-state index contributed by atoms with van der Waals surface area (Å²) in [5.74, 6) is -0.491. The fraction of sp³-hybridized carbons (Fsp3) is 0.355. The van der Waals surface area contributed by atoms with E-state index in [1.807, 2.05) is 49.4 Å². The number of carbonyl (C=O) groups is 2. The Bertz CT molecular complexity index is 1380. The summed E-state index contributed by atoms with van der Waals surface area (Å²) in [6.45, 7) is 4.01. The monoisotopic (exact) mass is 569 g/mol. The van der Waals surface area contributed by atoms with E-state index in [0.717, 1.165) is 28.8 Å². The van der Waals surface area contributed by atoms with Crippen molar-refractivity contribution < 1.29 is 32.6 Å². The van der Waals surface area contributed by atoms with Crippen LogP contribution in [-0.2, 0) is 17.5 Å². The molecule has 1 heterocycles. The standard InChI is InChI=1S/C31H34F3N3O4/c1-20-16-37(21(2)18-38)29(39)27-14-7-6-13-26(27)25-12-5-4-9-22(25)19-41-28(20)17-36(3)30(40)35-24-11-8-10-23(15-24)31(32,33)34/h4-15,20-21,28,38H,16-19H2,1-3H3,(H,35,40)/t20-,21-,28+/m0/s1. The second-order valence-corrected chi connectivity index (χ2v) is 10.4. The summed E-state index contributed by atoms with van der Waals surface area (Å²) in [6.07, 6.45) is -5.07. The van der Waals surface area contributed by atoms with Gasteiger partial charge in [0.05, 0.1) is 30.9 Å². The van der Waals surface area contributed by atoms with Crippen molar-refractivity contribution in [3.8, 4) is 11.1 Å². The third-order valence-electron chi connectivity index (χ3n) is 7.34. The predicted octanol–water partition coefficient (Wildman–Crippen LogP) is 5.89. The third kappa shape index (κ3) is 7.07. The largest absolute Gasteiger partial charge is 0.416 e. The summed E-state index contributed by atoms with van der Waals surface area (Å²) < 4.78 is 45.8. The Kier molecular flexibility index (Phi) is 9.35. The number of hydrogen-bond acceptors (Lipinski definition) is 4. The Balaban J connectivity index is 1.62. The summed E-state index contributed by atoms with van der Waals surface area (Å²) in [6, 6.07) is 18.3. The van der Waals surface area contributed by atoms with Crippen LogP contribution in [0.2, 0.25) is 0 Å². The van der Waals surface area contributed by atoms with Gasteiger partial charge in [-0.1, -0.05) is 55.5 Å². The van der Waals surface area contributed by atoms with Gasteiger partial charge in [0, 0.05) is 37.3 Å². The maximum atomic E-state index is 13.9. The average molecular weight is 570 g/mol. The molecule has 7 nitrogen and oxygen atoms in total. The van der Waals surface area contributed by atoms with E-state index in [1.54, 1.807) is 17.9 Å². The van der Waals surface area contributed by atoms with Crippen LogP contribution in [0.25, 0.3) is 11.1 Å². The zero-order valence-electron chi connectivity index (χ0n) is 23.2. The van der Waals surface area contributed by atoms with Crippen LogP contribution in [0.15, 0.2) is 72.8 Å². The zero-order chi connectivity index (χ0) is 29.7. The number of urea groups is 1. The molecule has 41 heavy (non-hydrogen) atoms. The Morgan fingerprint density at radius 2 is 1.73 bits per heavy atom. The van der Waals surface area contributed by atoms with Crippen molar-refractivity contribution in [3.05, 3.63) is 89.5 Å². The van der Waals surface area contributed by atoms with Gasteiger partial charge in [-0.05, 0) is 47.9 Å². The number of likely N-dealkylation sites (N-methyl/N-ethyl adjacent to an activating group) is 1. The van der Waals surface area contributed by atoms with Crippen molar-refractivity contribution in [2.24, 2.45) is 5.92 Å². The number of benzene rings is 3. The smallest absolute Gasteiger partial charge is 0.394 e. The molecular weight excluding hydrogens is 535 g/mol. The molecule has 3 aromatic carbocycles. The Labute approximate surface area is 237 Å². The molecule has 0 saturated heterocycles. The third-order valence-corrected chi connectivity index (χ3v) is 7.34. The van der Waals surface area contributed by atoms with Gasteiger partial charge in [-0.15, -0.1) is 0 Å². The molecule has 3 amide bonds. The van der Waals surface area contributed by atoms with Crippen molar-refractivity contribution in [2.45, 2.75) is 38.8 Å². The molecule has 0 aliphatic carbocycles. The maximum absolute atomic E-state index is 13.9. The number of ether oxygens (including phenoxy) is 1. The van der Waals surface area contributed by atoms with Crippen molar-refractivity contribution in [3.63, 3.8) is 0 Å². The number of anilines is 1. The van der Waals surface area contributed by atoms with Crippen LogP contribution in [0.4, 0.5) is 23.7 Å². The van der Waals surface area contributed by atoms with Crippen LogP contribution in [0.3, 0.4) is 0 Å². The molecule has 0 unspecified atom stereocenters. The van der Waals surface area contributed by atoms with Gasteiger partial charge in [-0.3, -0.25) is 4.79 Å². The number of rotatable bonds is 5. The lowest BCUT2D eigenvalue weighted by Gasteiger charge is -2.35. The van der Waals surface area contributed by atoms with Gasteiger partial charge >= 0.3 is 12.2 Å². The van der Waals surface area contributed by atoms with Crippen molar-refractivity contribution in [1.82, 2.24) is 9.80 Å². The molecule has 3 aromatic rings. The van der Waals surface area contributed by atoms with Gasteiger partial charge in [0.25, 0.3) is 5.91 Å². The number of alkyl halides is 3. The fourth-order valence-electron chi connectivity index (χ4n) is 4.90. The van der Waals surface area contributed by atoms with E-state index in [9.17, 15) is 27.9 Å². The number of hydrogen-bond donors (Lipinski definition) is 2. The quantitative estimate of drug-likeness (QED) is 0.401. The highest BCUT2D eigenvalue weighted by Crippen LogP contribution is 2.32. The highest BCUT2D eigenvalue weighted by molar-refractivity contribution is 6.01. The van der Waals surface area contributed by atoms with Crippen molar-refractivity contribution >= 4 is 17.6 Å². The number of fused-ring (bicyclic) bond motifs is 3. The minimum Gasteiger partial charge on any atom is -0.394 e. The van der Waals surface area contributed by atoms with E-state index in [4.69, 9.17) is 4.74 Å². The topological polar surface area (TPSA) is 82.1 Å². The first-order chi connectivity index (χ1) is 19.5. The minimum absolute atomic E-state index is 0.0216. The van der Waals surface area contributed by atoms with Gasteiger partial charge in [0.15, 0.2) is 0 Å². The molecule has 0 aromatic heterocycles. The SMILES string of the molecule is C[C@H]1CN([C@@H](C)CO)C(=O)c2ccccc2-c2ccccc2CO[C@@H]1CN(C)C(=O)Nc1cccc(C(F)(F)F)c1. The summed E-state index contributed by atoms with van der Waals surface area (Å²) >= 11 is 0. The summed E-state index contributed by atoms with van der Waals surface area (Å²) in [4.78, 5) is 29.8. The summed E-state index contributed by atoms with van der Waals surface area (Å²) in [7, 11) is 1.53. The molecule has 0 bridgehead atoms. The molecule has 10 heteroatoms. The maximum Gasteiger partial charge on any atom is 0.416 e. The van der Waals surface area contributed by atoms with E-state index in [-0.39, 0.29) is 43.8 Å². The molecule has 218 valence electrons. The van der Waals surface area contributed by atoms with Crippen molar-refractivity contribution in [2.75, 3.05) is 32.1 Å². The first kappa shape index (κ1) is 30.1. The van der Waals surface area contributed by atoms with E-state index in [0.29, 0.717) is 5.56 Å². The normalized spacial score (nSPS) is 18.5. The average Bonchev–Trinajstić information content (AvgIpc) is 2.97. The molecule has 0 radical (unpaired) electrons. The lowest BCUT2D eigenvalue weighted by molar-refractivity contribution is -0.137. The summed E-state index contributed by atoms with van der Waals surface area (Å²) in [5.41, 5.74) is 2.15. The van der Waals surface area contributed by atoms with Gasteiger partial charge in [0.1, 0.15) is 0 Å². The number of nitrogens with zero attached hydrogens (tertiary/aromatic N) is 2. The van der Waals surface area contributed by atoms with E-state index in [2.05, 4.69) is 5.32 Å². The first-order valence-electron chi connectivity index (χ1n) is 13.4. The first-order valence-corrected chi connectivity index (χ1v) is 13.4. The lowest BCUT2D eigenvalue weighted by Crippen LogP contribution is -2.48. The van der Waals surface area contributed by atoms with Gasteiger partial charge in [-0.25, -0.2) is 4.79 Å². The zero-order valence-corrected chi connectivity index (χ0v) is 23.2. The van der Waals surface area contributed by atoms with Crippen LogP contribution in [0, 0.1) is 5.92 Å². The van der Waals surface area contributed by atoms with Gasteiger partial charge in [0.2, 0.25) is 0 Å². The highest BCUT2D eigenvalue weighted by Gasteiger charge is 2.32. The molecule has 3 atom stereocenters. The lowest BCUT2D eigenvalue weighted by atomic mass is 9.94. The summed E-state index contributed by atoms with van der Waals surface area (Å²) in [5, 5.41) is 12.5. The Hall–Kier alpha value is -3.89. The highest BCUT2D eigenvalue weighted by atomic mass is 19.4. The molecule has 4 rings (SSSR count). The molecule has 1 aliphatic rings. The number of halogens is 3. The number of amides is 3. The van der Waals surface area contributed by atoms with Crippen LogP contribution in [0.5, 0.6) is 0 Å². The molecular formula is C31H34F3N3O4. The van der Waals surface area contributed by atoms with Crippen LogP contribution >= 0.6 is 0 Å². The number of aliphatic hydroxyl groups excluding tert-OH is 1. The van der Waals surface area contributed by atoms with Gasteiger partial charge in [-0.2, -0.15) is 13.2 Å². The van der Waals surface area contributed by atoms with E-state index in [1.165, 1.54) is 24.1 Å². The molecule has 2 N–H and O–H groups in total. The number of aliphatic hydroxyl groups is 1. The van der Waals surface area contributed by atoms with Crippen LogP contribution < -0.4 is 5.32 Å². The molecule has 0 spiro atoms. The van der Waals surface area contributed by atoms with E-state index < -0.39 is 29.9 Å². The molecule has 1 aliphatic heterocycles. The molecule has 0 saturated carbocycles. The van der Waals surface area contributed by atoms with E-state index >= 15 is 0 Å².